The Kier molecular flexibility index (Phi) is 9.13. The molecule has 8 nitrogen and oxygen atoms in total. The number of fused-ring (bicyclic) bond motifs is 1. The molecule has 1 unspecified atom stereocenters. The van der Waals surface area contributed by atoms with Crippen LogP contribution < -0.4 is 14.8 Å². The van der Waals surface area contributed by atoms with Gasteiger partial charge in [0.05, 0.1) is 39.9 Å². The molecule has 1 saturated heterocycles. The number of methoxy groups -OCH3 is 2. The average Bonchev–Trinajstić information content (AvgIpc) is 3.51. The number of hydrogen-bond donors (Lipinski definition) is 2. The summed E-state index contributed by atoms with van der Waals surface area (Å²) in [5, 5.41) is 4.60. The fraction of sp³-hybridized carbons (Fsp3) is 0.387. The zero-order valence-corrected chi connectivity index (χ0v) is 25.5. The summed E-state index contributed by atoms with van der Waals surface area (Å²) in [6.07, 6.45) is 9.01. The number of nitrogens with one attached hydrogen (secondary N) is 2. The molecule has 4 aromatic rings. The lowest BCUT2D eigenvalue weighted by atomic mass is 9.90. The quantitative estimate of drug-likeness (QED) is 0.187. The Morgan fingerprint density at radius 2 is 1.84 bits per heavy atom. The van der Waals surface area contributed by atoms with E-state index in [1.165, 1.54) is 25.4 Å². The molecule has 1 aliphatic carbocycles. The fourth-order valence-corrected chi connectivity index (χ4v) is 6.95. The Balaban J connectivity index is 1.13. The van der Waals surface area contributed by atoms with Gasteiger partial charge in [0.25, 0.3) is 0 Å². The molecule has 2 N–H and O–H groups in total. The summed E-state index contributed by atoms with van der Waals surface area (Å²) >= 11 is 7.12. The Labute approximate surface area is 258 Å². The molecular formula is C31H33ClF2N6O2S. The summed E-state index contributed by atoms with van der Waals surface area (Å²) in [7, 11) is 3.28. The summed E-state index contributed by atoms with van der Waals surface area (Å²) in [4.78, 5) is 16.5. The second-order valence-corrected chi connectivity index (χ2v) is 12.2. The molecule has 6 rings (SSSR count). The predicted octanol–water partition coefficient (Wildman–Crippen LogP) is 7.20. The SMILES string of the molecule is COc1ncc(Cl)cc1SNc1ccc(F)c(-c2ccc3nc(NC4CCC(N5CCC(OC)C5)CC4)ncc3c2)c1F. The standard InChI is InChI=1S/C31H33ClF2N6O2S/c1-41-23-11-12-40(17-23)22-6-4-21(5-7-22)37-31-36-15-19-13-18(3-9-25(19)38-31)28-24(33)8-10-26(29(28)34)39-43-27-14-20(32)16-35-30(27)42-2/h3,8-10,13-16,21-23,39H,4-7,11-12,17H2,1-2H3,(H,36,37,38). The van der Waals surface area contributed by atoms with E-state index in [4.69, 9.17) is 21.1 Å². The van der Waals surface area contributed by atoms with Gasteiger partial charge in [-0.3, -0.25) is 4.90 Å². The van der Waals surface area contributed by atoms with Crippen molar-refractivity contribution in [1.82, 2.24) is 19.9 Å². The van der Waals surface area contributed by atoms with Gasteiger partial charge in [0.15, 0.2) is 5.82 Å². The zero-order valence-electron chi connectivity index (χ0n) is 23.9. The van der Waals surface area contributed by atoms with Crippen molar-refractivity contribution in [1.29, 1.82) is 0 Å². The molecule has 2 aliphatic rings. The van der Waals surface area contributed by atoms with Crippen LogP contribution >= 0.6 is 23.5 Å². The van der Waals surface area contributed by atoms with Crippen molar-refractivity contribution in [3.8, 4) is 17.0 Å². The van der Waals surface area contributed by atoms with E-state index in [0.29, 0.717) is 56.4 Å². The van der Waals surface area contributed by atoms with Gasteiger partial charge in [0.1, 0.15) is 5.82 Å². The summed E-state index contributed by atoms with van der Waals surface area (Å²) < 4.78 is 44.3. The normalized spacial score (nSPS) is 20.8. The Bertz CT molecular complexity index is 1610. The third-order valence-electron chi connectivity index (χ3n) is 8.26. The number of halogens is 3. The van der Waals surface area contributed by atoms with Gasteiger partial charge in [-0.05, 0) is 79.9 Å². The molecule has 0 spiro atoms. The molecule has 2 aromatic heterocycles. The molecule has 12 heteroatoms. The van der Waals surface area contributed by atoms with Gasteiger partial charge in [-0.2, -0.15) is 0 Å². The number of benzene rings is 2. The first-order valence-electron chi connectivity index (χ1n) is 14.3. The van der Waals surface area contributed by atoms with Crippen LogP contribution in [0.1, 0.15) is 32.1 Å². The maximum Gasteiger partial charge on any atom is 0.228 e. The highest BCUT2D eigenvalue weighted by molar-refractivity contribution is 8.00. The van der Waals surface area contributed by atoms with E-state index >= 15 is 4.39 Å². The van der Waals surface area contributed by atoms with Crippen LogP contribution in [0, 0.1) is 11.6 Å². The Morgan fingerprint density at radius 3 is 2.60 bits per heavy atom. The first-order chi connectivity index (χ1) is 20.9. The molecule has 0 bridgehead atoms. The van der Waals surface area contributed by atoms with Crippen LogP contribution in [-0.4, -0.2) is 65.3 Å². The van der Waals surface area contributed by atoms with Crippen molar-refractivity contribution < 1.29 is 18.3 Å². The lowest BCUT2D eigenvalue weighted by Crippen LogP contribution is -2.40. The Hall–Kier alpha value is -3.25. The lowest BCUT2D eigenvalue weighted by molar-refractivity contribution is 0.0947. The number of pyridine rings is 1. The molecule has 3 heterocycles. The third-order valence-corrected chi connectivity index (χ3v) is 9.31. The van der Waals surface area contributed by atoms with Crippen molar-refractivity contribution in [2.45, 2.75) is 55.2 Å². The minimum Gasteiger partial charge on any atom is -0.480 e. The van der Waals surface area contributed by atoms with Gasteiger partial charge in [0.2, 0.25) is 11.8 Å². The first-order valence-corrected chi connectivity index (χ1v) is 15.5. The monoisotopic (exact) mass is 626 g/mol. The smallest absolute Gasteiger partial charge is 0.228 e. The summed E-state index contributed by atoms with van der Waals surface area (Å²) in [6.45, 7) is 2.14. The van der Waals surface area contributed by atoms with Gasteiger partial charge in [0, 0.05) is 50.1 Å². The third kappa shape index (κ3) is 6.64. The number of likely N-dealkylation sites (tertiary alicyclic amines) is 1. The topological polar surface area (TPSA) is 84.4 Å². The lowest BCUT2D eigenvalue weighted by Gasteiger charge is -2.34. The largest absolute Gasteiger partial charge is 0.480 e. The molecule has 2 aromatic carbocycles. The molecule has 1 saturated carbocycles. The van der Waals surface area contributed by atoms with E-state index in [9.17, 15) is 4.39 Å². The minimum atomic E-state index is -0.720. The number of nitrogens with zero attached hydrogens (tertiary/aromatic N) is 4. The van der Waals surface area contributed by atoms with Crippen LogP contribution in [0.2, 0.25) is 5.02 Å². The zero-order chi connectivity index (χ0) is 29.9. The van der Waals surface area contributed by atoms with Crippen molar-refractivity contribution in [2.24, 2.45) is 0 Å². The van der Waals surface area contributed by atoms with Crippen LogP contribution in [0.4, 0.5) is 20.4 Å². The highest BCUT2D eigenvalue weighted by atomic mass is 35.5. The van der Waals surface area contributed by atoms with Gasteiger partial charge in [-0.15, -0.1) is 0 Å². The van der Waals surface area contributed by atoms with E-state index in [2.05, 4.69) is 29.9 Å². The van der Waals surface area contributed by atoms with E-state index in [0.717, 1.165) is 57.1 Å². The molecule has 226 valence electrons. The van der Waals surface area contributed by atoms with E-state index < -0.39 is 11.6 Å². The number of anilines is 2. The van der Waals surface area contributed by atoms with Crippen molar-refractivity contribution in [2.75, 3.05) is 37.3 Å². The van der Waals surface area contributed by atoms with Crippen LogP contribution in [-0.2, 0) is 4.74 Å². The maximum absolute atomic E-state index is 15.6. The van der Waals surface area contributed by atoms with Gasteiger partial charge in [-0.1, -0.05) is 17.7 Å². The van der Waals surface area contributed by atoms with Crippen molar-refractivity contribution in [3.05, 3.63) is 65.4 Å². The number of aromatic nitrogens is 3. The van der Waals surface area contributed by atoms with Gasteiger partial charge in [-0.25, -0.2) is 23.7 Å². The van der Waals surface area contributed by atoms with Gasteiger partial charge >= 0.3 is 0 Å². The van der Waals surface area contributed by atoms with Crippen molar-refractivity contribution >= 4 is 46.1 Å². The summed E-state index contributed by atoms with van der Waals surface area (Å²) in [5.41, 5.74) is 1.05. The summed E-state index contributed by atoms with van der Waals surface area (Å²) in [5.74, 6) is -0.488. The highest BCUT2D eigenvalue weighted by Crippen LogP contribution is 2.36. The van der Waals surface area contributed by atoms with Crippen LogP contribution in [0.25, 0.3) is 22.0 Å². The molecule has 0 radical (unpaired) electrons. The first kappa shape index (κ1) is 29.8. The fourth-order valence-electron chi connectivity index (χ4n) is 5.94. The molecule has 43 heavy (non-hydrogen) atoms. The van der Waals surface area contributed by atoms with Crippen molar-refractivity contribution in [3.63, 3.8) is 0 Å². The van der Waals surface area contributed by atoms with Gasteiger partial charge < -0.3 is 19.5 Å². The molecular weight excluding hydrogens is 594 g/mol. The van der Waals surface area contributed by atoms with Crippen LogP contribution in [0.5, 0.6) is 5.88 Å². The van der Waals surface area contributed by atoms with E-state index in [1.54, 1.807) is 37.6 Å². The number of rotatable bonds is 9. The number of hydrogen-bond acceptors (Lipinski definition) is 9. The Morgan fingerprint density at radius 1 is 1.00 bits per heavy atom. The average molecular weight is 627 g/mol. The molecule has 2 fully saturated rings. The van der Waals surface area contributed by atoms with E-state index in [-0.39, 0.29) is 11.3 Å². The maximum atomic E-state index is 15.6. The molecule has 1 atom stereocenters. The molecule has 1 aliphatic heterocycles. The predicted molar refractivity (Wildman–Crippen MR) is 167 cm³/mol. The minimum absolute atomic E-state index is 0.109. The number of ether oxygens (including phenoxy) is 2. The molecule has 0 amide bonds. The van der Waals surface area contributed by atoms with Crippen LogP contribution in [0.15, 0.2) is 53.7 Å². The second kappa shape index (κ2) is 13.2. The second-order valence-electron chi connectivity index (χ2n) is 10.9. The summed E-state index contributed by atoms with van der Waals surface area (Å²) in [6, 6.07) is 10.3. The highest BCUT2D eigenvalue weighted by Gasteiger charge is 2.31. The van der Waals surface area contributed by atoms with E-state index in [1.807, 2.05) is 0 Å². The van der Waals surface area contributed by atoms with Crippen LogP contribution in [0.3, 0.4) is 0 Å².